The van der Waals surface area contributed by atoms with Crippen LogP contribution >= 0.6 is 11.3 Å². The van der Waals surface area contributed by atoms with Gasteiger partial charge in [-0.05, 0) is 25.0 Å². The second-order valence-electron chi connectivity index (χ2n) is 8.24. The van der Waals surface area contributed by atoms with Gasteiger partial charge in [-0.3, -0.25) is 19.2 Å². The summed E-state index contributed by atoms with van der Waals surface area (Å²) in [7, 11) is 0. The first-order chi connectivity index (χ1) is 16.9. The van der Waals surface area contributed by atoms with Crippen LogP contribution in [0.1, 0.15) is 38.8 Å². The van der Waals surface area contributed by atoms with Crippen molar-refractivity contribution in [1.82, 2.24) is 5.32 Å². The maximum Gasteiger partial charge on any atom is 0.396 e. The fraction of sp³-hybridized carbons (Fsp3) is 0.522. The predicted octanol–water partition coefficient (Wildman–Crippen LogP) is 1.51. The van der Waals surface area contributed by atoms with Crippen LogP contribution in [0.15, 0.2) is 15.3 Å². The molecule has 5 atom stereocenters. The van der Waals surface area contributed by atoms with E-state index in [1.807, 2.05) is 0 Å². The zero-order valence-electron chi connectivity index (χ0n) is 20.6. The average Bonchev–Trinajstić information content (AvgIpc) is 3.13. The molecular weight excluding hydrogens is 498 g/mol. The van der Waals surface area contributed by atoms with Crippen LogP contribution in [0.5, 0.6) is 5.75 Å². The van der Waals surface area contributed by atoms with Gasteiger partial charge >= 0.3 is 22.8 Å². The highest BCUT2D eigenvalue weighted by atomic mass is 32.1. The van der Waals surface area contributed by atoms with Crippen molar-refractivity contribution in [1.29, 1.82) is 0 Å². The van der Waals surface area contributed by atoms with Gasteiger partial charge in [0.15, 0.2) is 17.8 Å². The Kier molecular flexibility index (Phi) is 8.35. The van der Waals surface area contributed by atoms with E-state index in [9.17, 15) is 24.0 Å². The first-order valence-corrected chi connectivity index (χ1v) is 11.8. The van der Waals surface area contributed by atoms with Crippen LogP contribution in [0.3, 0.4) is 0 Å². The summed E-state index contributed by atoms with van der Waals surface area (Å²) in [5, 5.41) is 2.64. The molecule has 0 aliphatic carbocycles. The summed E-state index contributed by atoms with van der Waals surface area (Å²) in [5.74, 6) is -2.21. The van der Waals surface area contributed by atoms with Crippen LogP contribution < -0.4 is 15.0 Å². The van der Waals surface area contributed by atoms with Gasteiger partial charge in [0.2, 0.25) is 12.2 Å². The Morgan fingerprint density at radius 3 is 2.19 bits per heavy atom. The van der Waals surface area contributed by atoms with E-state index in [1.54, 1.807) is 19.9 Å². The lowest BCUT2D eigenvalue weighted by Gasteiger charge is -2.44. The van der Waals surface area contributed by atoms with Crippen LogP contribution in [0.2, 0.25) is 0 Å². The molecule has 1 aliphatic rings. The van der Waals surface area contributed by atoms with Crippen molar-refractivity contribution in [3.05, 3.63) is 26.9 Å². The molecule has 2 heterocycles. The molecular formula is C23H27NO11S. The van der Waals surface area contributed by atoms with E-state index < -0.39 is 59.4 Å². The number of aryl methyl sites for hydroxylation is 1. The van der Waals surface area contributed by atoms with Crippen LogP contribution in [0, 0.1) is 13.8 Å². The Hall–Kier alpha value is -3.45. The summed E-state index contributed by atoms with van der Waals surface area (Å²) in [4.78, 5) is 58.7. The molecule has 1 N–H and O–H groups in total. The van der Waals surface area contributed by atoms with Crippen molar-refractivity contribution in [2.75, 3.05) is 6.61 Å². The first kappa shape index (κ1) is 27.1. The van der Waals surface area contributed by atoms with Gasteiger partial charge in [0.1, 0.15) is 24.5 Å². The van der Waals surface area contributed by atoms with E-state index in [0.717, 1.165) is 25.2 Å². The maximum absolute atomic E-state index is 12.1. The first-order valence-electron chi connectivity index (χ1n) is 11.0. The van der Waals surface area contributed by atoms with Crippen LogP contribution in [-0.4, -0.2) is 61.1 Å². The summed E-state index contributed by atoms with van der Waals surface area (Å²) in [6, 6.07) is 0.476. The largest absolute Gasteiger partial charge is 0.463 e. The third-order valence-electron chi connectivity index (χ3n) is 5.45. The van der Waals surface area contributed by atoms with E-state index in [1.165, 1.54) is 13.8 Å². The summed E-state index contributed by atoms with van der Waals surface area (Å²) < 4.78 is 33.9. The number of fused-ring (bicyclic) bond motifs is 1. The molecule has 36 heavy (non-hydrogen) atoms. The fourth-order valence-electron chi connectivity index (χ4n) is 3.87. The third kappa shape index (κ3) is 6.21. The zero-order chi connectivity index (χ0) is 26.7. The number of hydrogen-bond acceptors (Lipinski definition) is 12. The second-order valence-corrected chi connectivity index (χ2v) is 9.22. The van der Waals surface area contributed by atoms with E-state index in [0.29, 0.717) is 27.2 Å². The van der Waals surface area contributed by atoms with Gasteiger partial charge in [0.05, 0.1) is 4.70 Å². The summed E-state index contributed by atoms with van der Waals surface area (Å²) in [5.41, 5.74) is 1.73. The average molecular weight is 526 g/mol. The van der Waals surface area contributed by atoms with E-state index in [4.69, 9.17) is 28.1 Å². The molecule has 0 unspecified atom stereocenters. The Labute approximate surface area is 209 Å². The number of hydrogen-bond donors (Lipinski definition) is 1. The standard InChI is InChI=1S/C23H27NO11S/c1-9-10(2)19-17(36-23(29)35-19)7-15(9)33-22-18(24-11(3)25)21(32-14(6)28)20(31-13(5)27)16(34-22)8-30-12(4)26/h7,16,18,20-22H,8H2,1-6H3,(H,24,25)/t16-,18-,20+,21-,22-/m0/s1. The number of rotatable bonds is 7. The lowest BCUT2D eigenvalue weighted by Crippen LogP contribution is -2.67. The van der Waals surface area contributed by atoms with Gasteiger partial charge in [-0.2, -0.15) is 0 Å². The summed E-state index contributed by atoms with van der Waals surface area (Å²) in [6.45, 7) is 7.91. The maximum atomic E-state index is 12.1. The molecule has 1 aliphatic heterocycles. The van der Waals surface area contributed by atoms with Crippen LogP contribution in [0.25, 0.3) is 10.3 Å². The van der Waals surface area contributed by atoms with E-state index in [2.05, 4.69) is 5.32 Å². The minimum atomic E-state index is -1.27. The molecule has 1 amide bonds. The van der Waals surface area contributed by atoms with Crippen molar-refractivity contribution >= 4 is 45.4 Å². The molecule has 1 fully saturated rings. The van der Waals surface area contributed by atoms with Gasteiger partial charge in [0, 0.05) is 33.8 Å². The highest BCUT2D eigenvalue weighted by molar-refractivity contribution is 7.16. The lowest BCUT2D eigenvalue weighted by atomic mass is 9.96. The highest BCUT2D eigenvalue weighted by Crippen LogP contribution is 2.35. The molecule has 3 rings (SSSR count). The molecule has 0 saturated carbocycles. The molecule has 13 heteroatoms. The molecule has 12 nitrogen and oxygen atoms in total. The van der Waals surface area contributed by atoms with Gasteiger partial charge < -0.3 is 33.4 Å². The molecule has 1 aromatic heterocycles. The molecule has 0 bridgehead atoms. The van der Waals surface area contributed by atoms with Crippen molar-refractivity contribution in [3.8, 4) is 5.75 Å². The highest BCUT2D eigenvalue weighted by Gasteiger charge is 2.52. The Morgan fingerprint density at radius 2 is 1.61 bits per heavy atom. The number of ether oxygens (including phenoxy) is 5. The molecule has 0 radical (unpaired) electrons. The quantitative estimate of drug-likeness (QED) is 0.413. The van der Waals surface area contributed by atoms with Gasteiger partial charge in [-0.15, -0.1) is 0 Å². The molecule has 2 aromatic rings. The minimum absolute atomic E-state index is 0.316. The van der Waals surface area contributed by atoms with Crippen LogP contribution in [-0.2, 0) is 38.1 Å². The number of nitrogens with one attached hydrogen (secondary N) is 1. The number of carbonyl (C=O) groups is 4. The Morgan fingerprint density at radius 1 is 0.972 bits per heavy atom. The van der Waals surface area contributed by atoms with Gasteiger partial charge in [-0.25, -0.2) is 4.79 Å². The lowest BCUT2D eigenvalue weighted by molar-refractivity contribution is -0.257. The van der Waals surface area contributed by atoms with Crippen LogP contribution in [0.4, 0.5) is 0 Å². The fourth-order valence-corrected chi connectivity index (χ4v) is 4.63. The Balaban J connectivity index is 2.07. The predicted molar refractivity (Wildman–Crippen MR) is 124 cm³/mol. The van der Waals surface area contributed by atoms with Crippen molar-refractivity contribution < 1.29 is 47.3 Å². The molecule has 0 spiro atoms. The smallest absolute Gasteiger partial charge is 0.396 e. The number of benzene rings is 1. The van der Waals surface area contributed by atoms with Crippen molar-refractivity contribution in [3.63, 3.8) is 0 Å². The van der Waals surface area contributed by atoms with Gasteiger partial charge in [-0.1, -0.05) is 11.3 Å². The molecule has 1 saturated heterocycles. The summed E-state index contributed by atoms with van der Waals surface area (Å²) >= 11 is 0.894. The van der Waals surface area contributed by atoms with Gasteiger partial charge in [0.25, 0.3) is 0 Å². The number of carbonyl (C=O) groups excluding carboxylic acids is 4. The topological polar surface area (TPSA) is 157 Å². The Bertz CT molecular complexity index is 1230. The summed E-state index contributed by atoms with van der Waals surface area (Å²) in [6.07, 6.45) is -4.85. The zero-order valence-corrected chi connectivity index (χ0v) is 21.4. The van der Waals surface area contributed by atoms with E-state index in [-0.39, 0.29) is 6.61 Å². The number of amides is 1. The van der Waals surface area contributed by atoms with E-state index >= 15 is 0 Å². The monoisotopic (exact) mass is 525 g/mol. The normalized spacial score (nSPS) is 23.6. The molecule has 196 valence electrons. The van der Waals surface area contributed by atoms with Crippen molar-refractivity contribution in [2.45, 2.75) is 72.2 Å². The van der Waals surface area contributed by atoms with Crippen molar-refractivity contribution in [2.24, 2.45) is 0 Å². The number of esters is 3. The third-order valence-corrected chi connectivity index (χ3v) is 6.22. The molecule has 1 aromatic carbocycles. The second kappa shape index (κ2) is 11.1. The minimum Gasteiger partial charge on any atom is -0.463 e. The SMILES string of the molecule is CC(=O)N[C@@H]1[C@@H](Oc2cc3sc(=O)oc3c(C)c2C)O[C@@H](COC(C)=O)[C@@H](OC(C)=O)[C@H]1OC(C)=O.